The van der Waals surface area contributed by atoms with Crippen LogP contribution in [0.3, 0.4) is 0 Å². The molecule has 0 radical (unpaired) electrons. The molecule has 6 heteroatoms. The molecule has 0 spiro atoms. The molecular weight excluding hydrogens is 390 g/mol. The molecular formula is C22H25NO3S2. The number of ether oxygens (including phenoxy) is 1. The Morgan fingerprint density at radius 3 is 2.36 bits per heavy atom. The lowest BCUT2D eigenvalue weighted by molar-refractivity contribution is -0.139. The Morgan fingerprint density at radius 2 is 1.71 bits per heavy atom. The van der Waals surface area contributed by atoms with Crippen molar-refractivity contribution < 1.29 is 14.3 Å². The molecule has 1 saturated heterocycles. The highest BCUT2D eigenvalue weighted by Crippen LogP contribution is 2.43. The zero-order chi connectivity index (χ0) is 19.9. The fourth-order valence-electron chi connectivity index (χ4n) is 2.98. The van der Waals surface area contributed by atoms with E-state index in [1.165, 1.54) is 23.5 Å². The molecule has 1 fully saturated rings. The van der Waals surface area contributed by atoms with Gasteiger partial charge in [0.25, 0.3) is 5.91 Å². The molecule has 3 rings (SSSR count). The van der Waals surface area contributed by atoms with Crippen LogP contribution in [-0.2, 0) is 16.1 Å². The van der Waals surface area contributed by atoms with Gasteiger partial charge in [0.2, 0.25) is 0 Å². The first kappa shape index (κ1) is 20.8. The highest BCUT2D eigenvalue weighted by Gasteiger charge is 2.23. The number of hydrogen-bond donors (Lipinski definition) is 0. The van der Waals surface area contributed by atoms with Crippen LogP contribution in [0.5, 0.6) is 0 Å². The second-order valence-corrected chi connectivity index (χ2v) is 9.50. The van der Waals surface area contributed by atoms with Crippen molar-refractivity contribution in [3.05, 3.63) is 71.3 Å². The molecule has 1 heterocycles. The van der Waals surface area contributed by atoms with Crippen LogP contribution in [0.1, 0.15) is 39.4 Å². The molecule has 1 atom stereocenters. The summed E-state index contributed by atoms with van der Waals surface area (Å²) < 4.78 is 5.84. The Balaban J connectivity index is 1.54. The molecule has 4 nitrogen and oxygen atoms in total. The number of rotatable bonds is 6. The molecule has 2 aromatic rings. The first-order chi connectivity index (χ1) is 13.5. The van der Waals surface area contributed by atoms with Gasteiger partial charge in [-0.2, -0.15) is 0 Å². The summed E-state index contributed by atoms with van der Waals surface area (Å²) in [5.41, 5.74) is 2.73. The van der Waals surface area contributed by atoms with Gasteiger partial charge in [-0.1, -0.05) is 42.5 Å². The third kappa shape index (κ3) is 5.55. The molecule has 1 aliphatic heterocycles. The van der Waals surface area contributed by atoms with E-state index in [0.717, 1.165) is 5.56 Å². The summed E-state index contributed by atoms with van der Waals surface area (Å²) in [5, 5.41) is 0. The maximum Gasteiger partial charge on any atom is 0.338 e. The van der Waals surface area contributed by atoms with E-state index < -0.39 is 12.1 Å². The van der Waals surface area contributed by atoms with Crippen LogP contribution in [0.2, 0.25) is 0 Å². The van der Waals surface area contributed by atoms with E-state index in [-0.39, 0.29) is 5.91 Å². The zero-order valence-electron chi connectivity index (χ0n) is 16.2. The largest absolute Gasteiger partial charge is 0.449 e. The molecule has 0 saturated carbocycles. The summed E-state index contributed by atoms with van der Waals surface area (Å²) in [6, 6.07) is 17.3. The first-order valence-corrected chi connectivity index (χ1v) is 11.5. The van der Waals surface area contributed by atoms with Gasteiger partial charge in [-0.3, -0.25) is 4.79 Å². The Labute approximate surface area is 175 Å². The molecule has 0 aliphatic carbocycles. The number of carbonyl (C=O) groups is 2. The number of likely N-dealkylation sites (N-methyl/N-ethyl adjacent to an activating group) is 1. The minimum atomic E-state index is -0.828. The highest BCUT2D eigenvalue weighted by atomic mass is 32.2. The molecule has 1 amide bonds. The average Bonchev–Trinajstić information content (AvgIpc) is 2.74. The van der Waals surface area contributed by atoms with Crippen molar-refractivity contribution >= 4 is 35.4 Å². The van der Waals surface area contributed by atoms with Crippen molar-refractivity contribution in [2.24, 2.45) is 0 Å². The van der Waals surface area contributed by atoms with Crippen LogP contribution in [0.25, 0.3) is 0 Å². The van der Waals surface area contributed by atoms with Gasteiger partial charge < -0.3 is 9.64 Å². The monoisotopic (exact) mass is 415 g/mol. The zero-order valence-corrected chi connectivity index (χ0v) is 17.8. The van der Waals surface area contributed by atoms with Crippen LogP contribution in [0.4, 0.5) is 0 Å². The lowest BCUT2D eigenvalue weighted by Gasteiger charge is -2.22. The van der Waals surface area contributed by atoms with Gasteiger partial charge in [0, 0.05) is 13.6 Å². The molecule has 0 unspecified atom stereocenters. The molecule has 2 aromatic carbocycles. The fourth-order valence-corrected chi connectivity index (χ4v) is 5.88. The molecule has 0 N–H and O–H groups in total. The van der Waals surface area contributed by atoms with E-state index in [9.17, 15) is 9.59 Å². The van der Waals surface area contributed by atoms with Crippen LogP contribution in [0, 0.1) is 0 Å². The molecule has 0 bridgehead atoms. The van der Waals surface area contributed by atoms with Crippen molar-refractivity contribution in [2.45, 2.75) is 30.6 Å². The lowest BCUT2D eigenvalue weighted by Crippen LogP contribution is -2.37. The van der Waals surface area contributed by atoms with E-state index in [0.29, 0.717) is 16.7 Å². The van der Waals surface area contributed by atoms with Crippen LogP contribution < -0.4 is 0 Å². The third-order valence-corrected chi connectivity index (χ3v) is 7.53. The maximum absolute atomic E-state index is 12.5. The Hall–Kier alpha value is -1.92. The van der Waals surface area contributed by atoms with E-state index in [4.69, 9.17) is 4.74 Å². The highest BCUT2D eigenvalue weighted by molar-refractivity contribution is 8.16. The maximum atomic E-state index is 12.5. The van der Waals surface area contributed by atoms with Gasteiger partial charge in [-0.05, 0) is 48.1 Å². The quantitative estimate of drug-likeness (QED) is 0.637. The number of benzene rings is 2. The topological polar surface area (TPSA) is 46.6 Å². The average molecular weight is 416 g/mol. The Morgan fingerprint density at radius 1 is 1.07 bits per heavy atom. The standard InChI is InChI=1S/C22H25NO3S2/c1-16(20(24)23(2)15-17-7-4-3-5-8-17)26-21(25)18-9-11-19(12-10-18)22-27-13-6-14-28-22/h3-5,7-12,16,22H,6,13-15H2,1-2H3/t16-/m1/s1. The smallest absolute Gasteiger partial charge is 0.338 e. The molecule has 148 valence electrons. The number of esters is 1. The molecule has 28 heavy (non-hydrogen) atoms. The van der Waals surface area contributed by atoms with Crippen molar-refractivity contribution in [2.75, 3.05) is 18.6 Å². The van der Waals surface area contributed by atoms with Gasteiger partial charge in [-0.25, -0.2) is 4.79 Å². The minimum absolute atomic E-state index is 0.219. The first-order valence-electron chi connectivity index (χ1n) is 9.37. The summed E-state index contributed by atoms with van der Waals surface area (Å²) in [6.07, 6.45) is 0.422. The lowest BCUT2D eigenvalue weighted by atomic mass is 10.1. The second-order valence-electron chi connectivity index (χ2n) is 6.78. The summed E-state index contributed by atoms with van der Waals surface area (Å²) >= 11 is 3.89. The number of nitrogens with zero attached hydrogens (tertiary/aromatic N) is 1. The van der Waals surface area contributed by atoms with Gasteiger partial charge in [-0.15, -0.1) is 23.5 Å². The van der Waals surface area contributed by atoms with E-state index >= 15 is 0 Å². The van der Waals surface area contributed by atoms with Gasteiger partial charge in [0.1, 0.15) is 0 Å². The number of amides is 1. The van der Waals surface area contributed by atoms with E-state index in [2.05, 4.69) is 0 Å². The fraction of sp³-hybridized carbons (Fsp3) is 0.364. The van der Waals surface area contributed by atoms with Crippen LogP contribution in [0.15, 0.2) is 54.6 Å². The predicted octanol–water partition coefficient (Wildman–Crippen LogP) is 4.76. The number of hydrogen-bond acceptors (Lipinski definition) is 5. The predicted molar refractivity (Wildman–Crippen MR) is 117 cm³/mol. The van der Waals surface area contributed by atoms with Gasteiger partial charge in [0.15, 0.2) is 6.10 Å². The number of thioether (sulfide) groups is 2. The van der Waals surface area contributed by atoms with Crippen molar-refractivity contribution in [1.82, 2.24) is 4.90 Å². The van der Waals surface area contributed by atoms with Crippen molar-refractivity contribution in [3.63, 3.8) is 0 Å². The van der Waals surface area contributed by atoms with E-state index in [1.54, 1.807) is 31.0 Å². The Kier molecular flexibility index (Phi) is 7.45. The summed E-state index contributed by atoms with van der Waals surface area (Å²) in [4.78, 5) is 26.5. The van der Waals surface area contributed by atoms with Gasteiger partial charge >= 0.3 is 5.97 Å². The van der Waals surface area contributed by atoms with Crippen molar-refractivity contribution in [1.29, 1.82) is 0 Å². The van der Waals surface area contributed by atoms with Crippen molar-refractivity contribution in [3.8, 4) is 0 Å². The SMILES string of the molecule is C[C@@H](OC(=O)c1ccc(C2SCCCS2)cc1)C(=O)N(C)Cc1ccccc1. The van der Waals surface area contributed by atoms with E-state index in [1.807, 2.05) is 66.0 Å². The summed E-state index contributed by atoms with van der Waals surface area (Å²) in [7, 11) is 1.72. The normalized spacial score (nSPS) is 15.6. The Bertz CT molecular complexity index is 789. The summed E-state index contributed by atoms with van der Waals surface area (Å²) in [5.74, 6) is 1.67. The summed E-state index contributed by atoms with van der Waals surface area (Å²) in [6.45, 7) is 2.10. The number of carbonyl (C=O) groups excluding carboxylic acids is 2. The molecule has 0 aromatic heterocycles. The molecule has 1 aliphatic rings. The minimum Gasteiger partial charge on any atom is -0.449 e. The van der Waals surface area contributed by atoms with Gasteiger partial charge in [0.05, 0.1) is 10.1 Å². The third-order valence-electron chi connectivity index (χ3n) is 4.52. The van der Waals surface area contributed by atoms with Crippen LogP contribution in [-0.4, -0.2) is 41.4 Å². The second kappa shape index (κ2) is 10.0. The van der Waals surface area contributed by atoms with Crippen LogP contribution >= 0.6 is 23.5 Å².